The molecule has 0 spiro atoms. The van der Waals surface area contributed by atoms with Gasteiger partial charge in [-0.25, -0.2) is 0 Å². The quantitative estimate of drug-likeness (QED) is 0.811. The largest absolute Gasteiger partial charge is 0.497 e. The maximum atomic E-state index is 5.28. The molecule has 1 atom stereocenters. The molecule has 0 fully saturated rings. The van der Waals surface area contributed by atoms with E-state index in [0.29, 0.717) is 6.04 Å². The Bertz CT molecular complexity index is 322. The number of thioether (sulfide) groups is 1. The molecule has 0 bridgehead atoms. The van der Waals surface area contributed by atoms with Gasteiger partial charge in [-0.1, -0.05) is 6.92 Å². The Hall–Kier alpha value is -0.870. The van der Waals surface area contributed by atoms with Crippen LogP contribution in [-0.4, -0.2) is 32.8 Å². The van der Waals surface area contributed by atoms with Crippen molar-refractivity contribution in [3.63, 3.8) is 0 Å². The van der Waals surface area contributed by atoms with E-state index in [4.69, 9.17) is 9.47 Å². The molecule has 4 heteroatoms. The topological polar surface area (TPSA) is 30.5 Å². The van der Waals surface area contributed by atoms with E-state index in [9.17, 15) is 0 Å². The Kier molecular flexibility index (Phi) is 6.22. The minimum atomic E-state index is 0.323. The molecule has 1 aromatic rings. The lowest BCUT2D eigenvalue weighted by Crippen LogP contribution is -2.19. The molecule has 0 aromatic heterocycles. The van der Waals surface area contributed by atoms with Gasteiger partial charge >= 0.3 is 0 Å². The highest BCUT2D eigenvalue weighted by Crippen LogP contribution is 2.27. The summed E-state index contributed by atoms with van der Waals surface area (Å²) >= 11 is 1.92. The van der Waals surface area contributed by atoms with Crippen molar-refractivity contribution >= 4 is 11.8 Å². The fourth-order valence-corrected chi connectivity index (χ4v) is 2.44. The van der Waals surface area contributed by atoms with Crippen LogP contribution in [0.1, 0.15) is 18.5 Å². The molecule has 1 rings (SSSR count). The van der Waals surface area contributed by atoms with E-state index in [1.165, 1.54) is 5.56 Å². The lowest BCUT2D eigenvalue weighted by atomic mass is 10.1. The van der Waals surface area contributed by atoms with Gasteiger partial charge in [-0.3, -0.25) is 0 Å². The number of hydrogen-bond donors (Lipinski definition) is 1. The lowest BCUT2D eigenvalue weighted by molar-refractivity contribution is 0.392. The number of nitrogens with one attached hydrogen (secondary N) is 1. The number of rotatable bonds is 7. The van der Waals surface area contributed by atoms with Gasteiger partial charge in [0.2, 0.25) is 0 Å². The Morgan fingerprint density at radius 1 is 1.18 bits per heavy atom. The molecule has 0 aliphatic rings. The molecular formula is C13H21NO2S. The molecule has 96 valence electrons. The first-order valence-corrected chi connectivity index (χ1v) is 6.88. The summed E-state index contributed by atoms with van der Waals surface area (Å²) < 4.78 is 10.6. The zero-order chi connectivity index (χ0) is 12.7. The summed E-state index contributed by atoms with van der Waals surface area (Å²) in [6.07, 6.45) is 0. The Balaban J connectivity index is 2.92. The zero-order valence-electron chi connectivity index (χ0n) is 10.9. The van der Waals surface area contributed by atoms with E-state index in [-0.39, 0.29) is 0 Å². The van der Waals surface area contributed by atoms with Crippen molar-refractivity contribution in [3.05, 3.63) is 23.8 Å². The van der Waals surface area contributed by atoms with Crippen LogP contribution in [0, 0.1) is 0 Å². The van der Waals surface area contributed by atoms with Gasteiger partial charge in [0.05, 0.1) is 14.2 Å². The molecule has 0 heterocycles. The average molecular weight is 255 g/mol. The fraction of sp³-hybridized carbons (Fsp3) is 0.538. The van der Waals surface area contributed by atoms with Gasteiger partial charge in [0, 0.05) is 17.9 Å². The summed E-state index contributed by atoms with van der Waals surface area (Å²) in [7, 11) is 5.33. The third-order valence-electron chi connectivity index (χ3n) is 2.61. The SMILES string of the molecule is CCSCC(NC)c1cc(OC)cc(OC)c1. The third-order valence-corrected chi connectivity index (χ3v) is 3.59. The summed E-state index contributed by atoms with van der Waals surface area (Å²) in [5, 5.41) is 3.32. The molecule has 0 saturated carbocycles. The second-order valence-corrected chi connectivity index (χ2v) is 4.97. The molecule has 1 unspecified atom stereocenters. The lowest BCUT2D eigenvalue weighted by Gasteiger charge is -2.17. The molecule has 17 heavy (non-hydrogen) atoms. The molecule has 3 nitrogen and oxygen atoms in total. The molecule has 0 amide bonds. The number of benzene rings is 1. The highest BCUT2D eigenvalue weighted by atomic mass is 32.2. The summed E-state index contributed by atoms with van der Waals surface area (Å²) in [5.41, 5.74) is 1.20. The highest BCUT2D eigenvalue weighted by Gasteiger charge is 2.11. The summed E-state index contributed by atoms with van der Waals surface area (Å²) in [6, 6.07) is 6.33. The first-order chi connectivity index (χ1) is 8.24. The van der Waals surface area contributed by atoms with Crippen molar-refractivity contribution in [2.75, 3.05) is 32.8 Å². The third kappa shape index (κ3) is 4.13. The smallest absolute Gasteiger partial charge is 0.122 e. The van der Waals surface area contributed by atoms with Crippen LogP contribution in [0.3, 0.4) is 0 Å². The number of ether oxygens (including phenoxy) is 2. The van der Waals surface area contributed by atoms with Crippen LogP contribution in [0.5, 0.6) is 11.5 Å². The Labute approximate surface area is 108 Å². The first-order valence-electron chi connectivity index (χ1n) is 5.73. The van der Waals surface area contributed by atoms with Crippen molar-refractivity contribution < 1.29 is 9.47 Å². The second-order valence-electron chi connectivity index (χ2n) is 3.65. The average Bonchev–Trinajstić information content (AvgIpc) is 2.39. The van der Waals surface area contributed by atoms with E-state index in [2.05, 4.69) is 24.4 Å². The molecule has 1 aromatic carbocycles. The Morgan fingerprint density at radius 3 is 2.18 bits per heavy atom. The van der Waals surface area contributed by atoms with Gasteiger partial charge in [0.25, 0.3) is 0 Å². The van der Waals surface area contributed by atoms with E-state index >= 15 is 0 Å². The summed E-state index contributed by atoms with van der Waals surface area (Å²) in [4.78, 5) is 0. The van der Waals surface area contributed by atoms with E-state index in [1.54, 1.807) is 14.2 Å². The van der Waals surface area contributed by atoms with Crippen LogP contribution >= 0.6 is 11.8 Å². The van der Waals surface area contributed by atoms with Gasteiger partial charge in [0.1, 0.15) is 11.5 Å². The van der Waals surface area contributed by atoms with Crippen molar-refractivity contribution in [2.45, 2.75) is 13.0 Å². The van der Waals surface area contributed by atoms with Gasteiger partial charge in [-0.05, 0) is 30.5 Å². The summed E-state index contributed by atoms with van der Waals surface area (Å²) in [5.74, 6) is 3.84. The predicted octanol–water partition coefficient (Wildman–Crippen LogP) is 2.72. The maximum absolute atomic E-state index is 5.28. The monoisotopic (exact) mass is 255 g/mol. The molecule has 0 aliphatic carbocycles. The Morgan fingerprint density at radius 2 is 1.76 bits per heavy atom. The molecule has 0 aliphatic heterocycles. The number of methoxy groups -OCH3 is 2. The minimum Gasteiger partial charge on any atom is -0.497 e. The van der Waals surface area contributed by atoms with Gasteiger partial charge in [0.15, 0.2) is 0 Å². The van der Waals surface area contributed by atoms with Crippen molar-refractivity contribution in [2.24, 2.45) is 0 Å². The molecular weight excluding hydrogens is 234 g/mol. The summed E-state index contributed by atoms with van der Waals surface area (Å²) in [6.45, 7) is 2.17. The zero-order valence-corrected chi connectivity index (χ0v) is 11.8. The predicted molar refractivity (Wildman–Crippen MR) is 74.3 cm³/mol. The van der Waals surface area contributed by atoms with E-state index < -0.39 is 0 Å². The standard InChI is InChI=1S/C13H21NO2S/c1-5-17-9-13(14-2)10-6-11(15-3)8-12(7-10)16-4/h6-8,13-14H,5,9H2,1-4H3. The van der Waals surface area contributed by atoms with Crippen molar-refractivity contribution in [1.82, 2.24) is 5.32 Å². The van der Waals surface area contributed by atoms with Crippen LogP contribution < -0.4 is 14.8 Å². The highest BCUT2D eigenvalue weighted by molar-refractivity contribution is 7.99. The molecule has 0 radical (unpaired) electrons. The van der Waals surface area contributed by atoms with E-state index in [1.807, 2.05) is 24.9 Å². The molecule has 1 N–H and O–H groups in total. The first kappa shape index (κ1) is 14.2. The van der Waals surface area contributed by atoms with Crippen LogP contribution in [0.4, 0.5) is 0 Å². The second kappa shape index (κ2) is 7.45. The van der Waals surface area contributed by atoms with E-state index in [0.717, 1.165) is 23.0 Å². The van der Waals surface area contributed by atoms with Gasteiger partial charge < -0.3 is 14.8 Å². The van der Waals surface area contributed by atoms with Crippen LogP contribution in [-0.2, 0) is 0 Å². The van der Waals surface area contributed by atoms with Gasteiger partial charge in [-0.15, -0.1) is 0 Å². The van der Waals surface area contributed by atoms with Crippen LogP contribution in [0.25, 0.3) is 0 Å². The fourth-order valence-electron chi connectivity index (χ4n) is 1.61. The number of hydrogen-bond acceptors (Lipinski definition) is 4. The maximum Gasteiger partial charge on any atom is 0.122 e. The van der Waals surface area contributed by atoms with Crippen LogP contribution in [0.15, 0.2) is 18.2 Å². The van der Waals surface area contributed by atoms with Crippen molar-refractivity contribution in [3.8, 4) is 11.5 Å². The normalized spacial score (nSPS) is 12.2. The molecule has 0 saturated heterocycles. The van der Waals surface area contributed by atoms with Crippen LogP contribution in [0.2, 0.25) is 0 Å². The van der Waals surface area contributed by atoms with Gasteiger partial charge in [-0.2, -0.15) is 11.8 Å². The van der Waals surface area contributed by atoms with Crippen molar-refractivity contribution in [1.29, 1.82) is 0 Å². The minimum absolute atomic E-state index is 0.323.